The van der Waals surface area contributed by atoms with Gasteiger partial charge in [0.15, 0.2) is 0 Å². The van der Waals surface area contributed by atoms with Gasteiger partial charge in [-0.1, -0.05) is 0 Å². The van der Waals surface area contributed by atoms with Crippen LogP contribution in [0.4, 0.5) is 5.69 Å². The van der Waals surface area contributed by atoms with Crippen molar-refractivity contribution >= 4 is 22.5 Å². The fourth-order valence-corrected chi connectivity index (χ4v) is 4.06. The molecule has 1 aromatic heterocycles. The Bertz CT molecular complexity index is 840. The number of amides is 1. The lowest BCUT2D eigenvalue weighted by Gasteiger charge is -2.27. The van der Waals surface area contributed by atoms with Crippen LogP contribution in [-0.2, 0) is 10.4 Å². The van der Waals surface area contributed by atoms with E-state index in [9.17, 15) is 15.0 Å². The van der Waals surface area contributed by atoms with Crippen LogP contribution >= 0.6 is 0 Å². The molecule has 2 aliphatic carbocycles. The maximum absolute atomic E-state index is 12.3. The summed E-state index contributed by atoms with van der Waals surface area (Å²) in [5, 5.41) is 28.7. The molecule has 146 valence electrons. The molecule has 2 aliphatic rings. The lowest BCUT2D eigenvalue weighted by Crippen LogP contribution is -2.21. The summed E-state index contributed by atoms with van der Waals surface area (Å²) in [6, 6.07) is 4.18. The second-order valence-electron chi connectivity index (χ2n) is 8.75. The summed E-state index contributed by atoms with van der Waals surface area (Å²) >= 11 is 0. The van der Waals surface area contributed by atoms with E-state index < -0.39 is 5.60 Å². The van der Waals surface area contributed by atoms with Crippen molar-refractivity contribution in [2.75, 3.05) is 11.9 Å². The molecule has 6 heteroatoms. The van der Waals surface area contributed by atoms with Crippen LogP contribution in [0, 0.1) is 11.8 Å². The van der Waals surface area contributed by atoms with Crippen LogP contribution < -0.4 is 5.32 Å². The third-order valence-corrected chi connectivity index (χ3v) is 5.98. The first kappa shape index (κ1) is 18.4. The van der Waals surface area contributed by atoms with Crippen molar-refractivity contribution in [1.82, 2.24) is 9.78 Å². The van der Waals surface area contributed by atoms with Gasteiger partial charge in [0.05, 0.1) is 17.2 Å². The molecule has 0 atom stereocenters. The van der Waals surface area contributed by atoms with Gasteiger partial charge in [0.25, 0.3) is 0 Å². The Morgan fingerprint density at radius 1 is 1.22 bits per heavy atom. The van der Waals surface area contributed by atoms with Crippen molar-refractivity contribution in [3.05, 3.63) is 23.9 Å². The SMILES string of the molecule is CC(C)(O)c1cc2nn([C@H]3CC[C@H](CO)CC3)cc2cc1NC(=O)C1CC1. The molecule has 2 saturated carbocycles. The number of hydrogen-bond acceptors (Lipinski definition) is 4. The molecule has 6 nitrogen and oxygen atoms in total. The third kappa shape index (κ3) is 3.87. The van der Waals surface area contributed by atoms with E-state index in [1.54, 1.807) is 13.8 Å². The van der Waals surface area contributed by atoms with Crippen LogP contribution in [0.3, 0.4) is 0 Å². The summed E-state index contributed by atoms with van der Waals surface area (Å²) < 4.78 is 2.03. The molecule has 0 bridgehead atoms. The van der Waals surface area contributed by atoms with Crippen LogP contribution in [-0.4, -0.2) is 32.5 Å². The molecule has 2 aromatic rings. The van der Waals surface area contributed by atoms with E-state index in [0.717, 1.165) is 49.4 Å². The molecule has 0 unspecified atom stereocenters. The van der Waals surface area contributed by atoms with Crippen LogP contribution in [0.1, 0.15) is 64.0 Å². The number of nitrogens with zero attached hydrogens (tertiary/aromatic N) is 2. The fraction of sp³-hybridized carbons (Fsp3) is 0.619. The predicted octanol–water partition coefficient (Wildman–Crippen LogP) is 3.34. The first-order chi connectivity index (χ1) is 12.8. The number of aliphatic hydroxyl groups is 2. The Morgan fingerprint density at radius 2 is 1.93 bits per heavy atom. The highest BCUT2D eigenvalue weighted by atomic mass is 16.3. The van der Waals surface area contributed by atoms with Gasteiger partial charge in [-0.3, -0.25) is 9.48 Å². The van der Waals surface area contributed by atoms with Gasteiger partial charge < -0.3 is 15.5 Å². The zero-order valence-electron chi connectivity index (χ0n) is 16.1. The highest BCUT2D eigenvalue weighted by molar-refractivity contribution is 5.97. The van der Waals surface area contributed by atoms with Crippen molar-refractivity contribution in [2.24, 2.45) is 11.8 Å². The number of carbonyl (C=O) groups is 1. The number of benzene rings is 1. The van der Waals surface area contributed by atoms with E-state index in [1.165, 1.54) is 0 Å². The highest BCUT2D eigenvalue weighted by Gasteiger charge is 2.31. The third-order valence-electron chi connectivity index (χ3n) is 5.98. The van der Waals surface area contributed by atoms with Gasteiger partial charge in [0.1, 0.15) is 0 Å². The lowest BCUT2D eigenvalue weighted by atomic mass is 9.87. The predicted molar refractivity (Wildman–Crippen MR) is 104 cm³/mol. The van der Waals surface area contributed by atoms with Gasteiger partial charge in [-0.25, -0.2) is 0 Å². The average molecular weight is 371 g/mol. The monoisotopic (exact) mass is 371 g/mol. The van der Waals surface area contributed by atoms with Gasteiger partial charge in [-0.15, -0.1) is 0 Å². The van der Waals surface area contributed by atoms with Crippen molar-refractivity contribution < 1.29 is 15.0 Å². The van der Waals surface area contributed by atoms with Crippen molar-refractivity contribution in [2.45, 2.75) is 64.0 Å². The average Bonchev–Trinajstić information content (AvgIpc) is 3.40. The zero-order valence-corrected chi connectivity index (χ0v) is 16.1. The summed E-state index contributed by atoms with van der Waals surface area (Å²) in [4.78, 5) is 12.3. The fourth-order valence-electron chi connectivity index (χ4n) is 4.06. The minimum atomic E-state index is -1.07. The molecule has 0 aliphatic heterocycles. The van der Waals surface area contributed by atoms with Crippen LogP contribution in [0.2, 0.25) is 0 Å². The summed E-state index contributed by atoms with van der Waals surface area (Å²) in [5.41, 5.74) is 1.14. The molecule has 1 amide bonds. The number of anilines is 1. The van der Waals surface area contributed by atoms with E-state index >= 15 is 0 Å². The molecule has 0 spiro atoms. The molecular weight excluding hydrogens is 342 g/mol. The number of carbonyl (C=O) groups excluding carboxylic acids is 1. The first-order valence-electron chi connectivity index (χ1n) is 10.0. The Hall–Kier alpha value is -1.92. The quantitative estimate of drug-likeness (QED) is 0.752. The summed E-state index contributed by atoms with van der Waals surface area (Å²) in [6.07, 6.45) is 8.01. The number of fused-ring (bicyclic) bond motifs is 1. The number of aromatic nitrogens is 2. The van der Waals surface area contributed by atoms with E-state index in [0.29, 0.717) is 23.2 Å². The summed E-state index contributed by atoms with van der Waals surface area (Å²) in [5.74, 6) is 0.562. The van der Waals surface area contributed by atoms with Crippen LogP contribution in [0.15, 0.2) is 18.3 Å². The van der Waals surface area contributed by atoms with Crippen molar-refractivity contribution in [3.8, 4) is 0 Å². The molecule has 27 heavy (non-hydrogen) atoms. The maximum Gasteiger partial charge on any atom is 0.227 e. The van der Waals surface area contributed by atoms with E-state index in [2.05, 4.69) is 5.32 Å². The van der Waals surface area contributed by atoms with E-state index in [4.69, 9.17) is 5.10 Å². The molecule has 1 aromatic carbocycles. The molecule has 0 radical (unpaired) electrons. The molecule has 2 fully saturated rings. The highest BCUT2D eigenvalue weighted by Crippen LogP contribution is 2.36. The second-order valence-corrected chi connectivity index (χ2v) is 8.75. The molecule has 3 N–H and O–H groups in total. The lowest BCUT2D eigenvalue weighted by molar-refractivity contribution is -0.117. The van der Waals surface area contributed by atoms with Crippen LogP contribution in [0.25, 0.3) is 10.9 Å². The number of rotatable bonds is 5. The van der Waals surface area contributed by atoms with Crippen LogP contribution in [0.5, 0.6) is 0 Å². The Labute approximate surface area is 159 Å². The maximum atomic E-state index is 12.3. The van der Waals surface area contributed by atoms with E-state index in [-0.39, 0.29) is 18.4 Å². The number of aliphatic hydroxyl groups excluding tert-OH is 1. The Kier molecular flexibility index (Phi) is 4.72. The largest absolute Gasteiger partial charge is 0.396 e. The van der Waals surface area contributed by atoms with Gasteiger partial charge >= 0.3 is 0 Å². The van der Waals surface area contributed by atoms with Gasteiger partial charge in [0, 0.05) is 35.4 Å². The smallest absolute Gasteiger partial charge is 0.227 e. The minimum Gasteiger partial charge on any atom is -0.396 e. The van der Waals surface area contributed by atoms with Crippen molar-refractivity contribution in [1.29, 1.82) is 0 Å². The summed E-state index contributed by atoms with van der Waals surface area (Å²) in [6.45, 7) is 3.73. The van der Waals surface area contributed by atoms with Gasteiger partial charge in [-0.2, -0.15) is 5.10 Å². The second kappa shape index (κ2) is 6.91. The Balaban J connectivity index is 1.65. The topological polar surface area (TPSA) is 87.4 Å². The standard InChI is InChI=1S/C21H29N3O3/c1-21(2,27)17-10-18-15(9-19(17)22-20(26)14-5-6-14)11-24(23-18)16-7-3-13(12-25)4-8-16/h9-11,13-14,16,25,27H,3-8,12H2,1-2H3,(H,22,26)/t13-,16-. The molecular formula is C21H29N3O3. The van der Waals surface area contributed by atoms with E-state index in [1.807, 2.05) is 23.0 Å². The molecule has 4 rings (SSSR count). The van der Waals surface area contributed by atoms with Crippen molar-refractivity contribution in [3.63, 3.8) is 0 Å². The number of hydrogen-bond donors (Lipinski definition) is 3. The Morgan fingerprint density at radius 3 is 2.52 bits per heavy atom. The molecule has 0 saturated heterocycles. The zero-order chi connectivity index (χ0) is 19.2. The van der Waals surface area contributed by atoms with Gasteiger partial charge in [-0.05, 0) is 70.4 Å². The molecule has 1 heterocycles. The first-order valence-corrected chi connectivity index (χ1v) is 10.0. The van der Waals surface area contributed by atoms with Gasteiger partial charge in [0.2, 0.25) is 5.91 Å². The summed E-state index contributed by atoms with van der Waals surface area (Å²) in [7, 11) is 0. The number of nitrogens with one attached hydrogen (secondary N) is 1. The minimum absolute atomic E-state index is 0.0366. The normalized spacial score (nSPS) is 23.6.